The van der Waals surface area contributed by atoms with Crippen molar-refractivity contribution < 1.29 is 9.84 Å². The summed E-state index contributed by atoms with van der Waals surface area (Å²) >= 11 is 1.51. The summed E-state index contributed by atoms with van der Waals surface area (Å²) in [5.74, 6) is 0.790. The summed E-state index contributed by atoms with van der Waals surface area (Å²) in [6.45, 7) is 5.86. The number of methoxy groups -OCH3 is 1. The minimum atomic E-state index is -0.115. The van der Waals surface area contributed by atoms with Crippen molar-refractivity contribution in [1.29, 1.82) is 0 Å². The molecule has 6 heteroatoms. The standard InChI is InChI=1S/C15H17N3O2S/c1-8-5-9(2)14(20-4)11(6-8)13-12(7-19)18-15(16-13)21-10(3)17-18/h5-6,19H,7H2,1-4H3. The predicted molar refractivity (Wildman–Crippen MR) is 83.0 cm³/mol. The van der Waals surface area contributed by atoms with Crippen LogP contribution in [0.15, 0.2) is 12.1 Å². The molecule has 0 spiro atoms. The molecule has 21 heavy (non-hydrogen) atoms. The number of aliphatic hydroxyl groups excluding tert-OH is 1. The molecule has 0 unspecified atom stereocenters. The first kappa shape index (κ1) is 14.0. The van der Waals surface area contributed by atoms with Gasteiger partial charge in [-0.2, -0.15) is 5.10 Å². The second-order valence-corrected chi connectivity index (χ2v) is 6.20. The molecule has 0 fully saturated rings. The average molecular weight is 303 g/mol. The summed E-state index contributed by atoms with van der Waals surface area (Å²) in [4.78, 5) is 5.43. The summed E-state index contributed by atoms with van der Waals surface area (Å²) < 4.78 is 7.25. The van der Waals surface area contributed by atoms with Gasteiger partial charge in [0.25, 0.3) is 0 Å². The van der Waals surface area contributed by atoms with Gasteiger partial charge in [-0.1, -0.05) is 17.4 Å². The molecule has 3 aromatic rings. The first-order valence-electron chi connectivity index (χ1n) is 6.66. The third kappa shape index (κ3) is 2.20. The van der Waals surface area contributed by atoms with E-state index in [1.54, 1.807) is 11.6 Å². The van der Waals surface area contributed by atoms with Crippen LogP contribution in [0.5, 0.6) is 5.75 Å². The number of hydrogen-bond donors (Lipinski definition) is 1. The fourth-order valence-electron chi connectivity index (χ4n) is 2.64. The summed E-state index contributed by atoms with van der Waals surface area (Å²) in [6.07, 6.45) is 0. The van der Waals surface area contributed by atoms with E-state index in [-0.39, 0.29) is 6.61 Å². The average Bonchev–Trinajstić information content (AvgIpc) is 2.93. The van der Waals surface area contributed by atoms with Gasteiger partial charge in [0.2, 0.25) is 4.96 Å². The van der Waals surface area contributed by atoms with Crippen LogP contribution in [0.3, 0.4) is 0 Å². The number of fused-ring (bicyclic) bond motifs is 1. The molecule has 1 N–H and O–H groups in total. The van der Waals surface area contributed by atoms with Crippen LogP contribution in [0.25, 0.3) is 16.2 Å². The highest BCUT2D eigenvalue weighted by Crippen LogP contribution is 2.36. The van der Waals surface area contributed by atoms with Crippen LogP contribution in [-0.2, 0) is 6.61 Å². The van der Waals surface area contributed by atoms with E-state index >= 15 is 0 Å². The van der Waals surface area contributed by atoms with Gasteiger partial charge in [0, 0.05) is 5.56 Å². The molecule has 2 aromatic heterocycles. The molecule has 0 aliphatic carbocycles. The molecule has 0 saturated heterocycles. The van der Waals surface area contributed by atoms with Gasteiger partial charge in [0.15, 0.2) is 0 Å². The van der Waals surface area contributed by atoms with Crippen LogP contribution in [0, 0.1) is 20.8 Å². The molecular weight excluding hydrogens is 286 g/mol. The second kappa shape index (κ2) is 5.13. The van der Waals surface area contributed by atoms with E-state index in [0.717, 1.165) is 38.1 Å². The Labute approximate surface area is 126 Å². The first-order valence-corrected chi connectivity index (χ1v) is 7.48. The van der Waals surface area contributed by atoms with Crippen LogP contribution in [-0.4, -0.2) is 26.8 Å². The van der Waals surface area contributed by atoms with Gasteiger partial charge in [-0.3, -0.25) is 0 Å². The molecular formula is C15H17N3O2S. The van der Waals surface area contributed by atoms with Gasteiger partial charge in [0.05, 0.1) is 19.4 Å². The highest BCUT2D eigenvalue weighted by Gasteiger charge is 2.20. The zero-order chi connectivity index (χ0) is 15.1. The highest BCUT2D eigenvalue weighted by atomic mass is 32.1. The molecule has 3 rings (SSSR count). The van der Waals surface area contributed by atoms with E-state index in [0.29, 0.717) is 5.69 Å². The molecule has 0 aliphatic heterocycles. The Morgan fingerprint density at radius 1 is 1.29 bits per heavy atom. The van der Waals surface area contributed by atoms with Crippen molar-refractivity contribution in [2.75, 3.05) is 7.11 Å². The minimum Gasteiger partial charge on any atom is -0.496 e. The van der Waals surface area contributed by atoms with Crippen LogP contribution >= 0.6 is 11.3 Å². The second-order valence-electron chi connectivity index (χ2n) is 5.04. The number of aryl methyl sites for hydroxylation is 3. The molecule has 2 heterocycles. The Bertz CT molecular complexity index is 820. The molecule has 1 aromatic carbocycles. The fourth-order valence-corrected chi connectivity index (χ4v) is 3.41. The largest absolute Gasteiger partial charge is 0.496 e. The Morgan fingerprint density at radius 3 is 2.71 bits per heavy atom. The highest BCUT2D eigenvalue weighted by molar-refractivity contribution is 7.16. The number of ether oxygens (including phenoxy) is 1. The summed E-state index contributed by atoms with van der Waals surface area (Å²) in [5.41, 5.74) is 4.51. The normalized spacial score (nSPS) is 11.3. The maximum absolute atomic E-state index is 9.74. The number of nitrogens with zero attached hydrogens (tertiary/aromatic N) is 3. The SMILES string of the molecule is COc1c(C)cc(C)cc1-c1nc2sc(C)nn2c1CO. The van der Waals surface area contributed by atoms with E-state index in [1.165, 1.54) is 11.3 Å². The van der Waals surface area contributed by atoms with E-state index < -0.39 is 0 Å². The van der Waals surface area contributed by atoms with Gasteiger partial charge in [-0.25, -0.2) is 9.50 Å². The minimum absolute atomic E-state index is 0.115. The van der Waals surface area contributed by atoms with E-state index in [2.05, 4.69) is 16.1 Å². The molecule has 0 radical (unpaired) electrons. The van der Waals surface area contributed by atoms with E-state index in [4.69, 9.17) is 4.74 Å². The lowest BCUT2D eigenvalue weighted by molar-refractivity contribution is 0.275. The smallest absolute Gasteiger partial charge is 0.213 e. The van der Waals surface area contributed by atoms with Gasteiger partial charge >= 0.3 is 0 Å². The third-order valence-electron chi connectivity index (χ3n) is 3.43. The van der Waals surface area contributed by atoms with Gasteiger partial charge in [-0.05, 0) is 38.0 Å². The lowest BCUT2D eigenvalue weighted by Crippen LogP contribution is -1.98. The molecule has 5 nitrogen and oxygen atoms in total. The number of benzene rings is 1. The number of imidazole rings is 1. The Morgan fingerprint density at radius 2 is 2.05 bits per heavy atom. The molecule has 0 atom stereocenters. The lowest BCUT2D eigenvalue weighted by Gasteiger charge is -2.12. The lowest BCUT2D eigenvalue weighted by atomic mass is 10.0. The van der Waals surface area contributed by atoms with Crippen molar-refractivity contribution in [3.8, 4) is 17.0 Å². The van der Waals surface area contributed by atoms with E-state index in [1.807, 2.05) is 26.8 Å². The van der Waals surface area contributed by atoms with Crippen LogP contribution < -0.4 is 4.74 Å². The van der Waals surface area contributed by atoms with E-state index in [9.17, 15) is 5.11 Å². The van der Waals surface area contributed by atoms with Crippen molar-refractivity contribution in [3.63, 3.8) is 0 Å². The van der Waals surface area contributed by atoms with Crippen molar-refractivity contribution >= 4 is 16.3 Å². The maximum Gasteiger partial charge on any atom is 0.213 e. The summed E-state index contributed by atoms with van der Waals surface area (Å²) in [6, 6.07) is 4.10. The maximum atomic E-state index is 9.74. The van der Waals surface area contributed by atoms with Crippen molar-refractivity contribution in [2.45, 2.75) is 27.4 Å². The van der Waals surface area contributed by atoms with Crippen molar-refractivity contribution in [3.05, 3.63) is 34.0 Å². The predicted octanol–water partition coefficient (Wildman–Crippen LogP) is 2.88. The monoisotopic (exact) mass is 303 g/mol. The first-order chi connectivity index (χ1) is 10.0. The summed E-state index contributed by atoms with van der Waals surface area (Å²) in [5, 5.41) is 15.1. The van der Waals surface area contributed by atoms with Gasteiger partial charge in [0.1, 0.15) is 16.5 Å². The zero-order valence-corrected chi connectivity index (χ0v) is 13.3. The van der Waals surface area contributed by atoms with Crippen LogP contribution in [0.4, 0.5) is 0 Å². The van der Waals surface area contributed by atoms with Crippen LogP contribution in [0.2, 0.25) is 0 Å². The number of rotatable bonds is 3. The summed E-state index contributed by atoms with van der Waals surface area (Å²) in [7, 11) is 1.65. The molecule has 0 bridgehead atoms. The topological polar surface area (TPSA) is 59.7 Å². The third-order valence-corrected chi connectivity index (χ3v) is 4.25. The van der Waals surface area contributed by atoms with Crippen molar-refractivity contribution in [2.24, 2.45) is 0 Å². The zero-order valence-electron chi connectivity index (χ0n) is 12.5. The fraction of sp³-hybridized carbons (Fsp3) is 0.333. The van der Waals surface area contributed by atoms with Crippen molar-refractivity contribution in [1.82, 2.24) is 14.6 Å². The molecule has 0 amide bonds. The Kier molecular flexibility index (Phi) is 3.43. The Balaban J connectivity index is 2.32. The molecule has 0 saturated carbocycles. The number of aliphatic hydroxyl groups is 1. The molecule has 110 valence electrons. The Hall–Kier alpha value is -1.92. The van der Waals surface area contributed by atoms with Gasteiger partial charge < -0.3 is 9.84 Å². The molecule has 0 aliphatic rings. The van der Waals surface area contributed by atoms with Crippen LogP contribution in [0.1, 0.15) is 21.8 Å². The van der Waals surface area contributed by atoms with Gasteiger partial charge in [-0.15, -0.1) is 0 Å². The quantitative estimate of drug-likeness (QED) is 0.808. The number of hydrogen-bond acceptors (Lipinski definition) is 5. The number of aromatic nitrogens is 3.